The van der Waals surface area contributed by atoms with Gasteiger partial charge in [0.15, 0.2) is 9.84 Å². The Balaban J connectivity index is 1.88. The molecule has 3 amide bonds. The summed E-state index contributed by atoms with van der Waals surface area (Å²) in [6.07, 6.45) is 2.43. The lowest BCUT2D eigenvalue weighted by Gasteiger charge is -2.13. The molecule has 2 N–H and O–H groups in total. The van der Waals surface area contributed by atoms with E-state index < -0.39 is 21.9 Å². The van der Waals surface area contributed by atoms with Crippen molar-refractivity contribution in [1.82, 2.24) is 10.2 Å². The highest BCUT2D eigenvalue weighted by Crippen LogP contribution is 2.13. The van der Waals surface area contributed by atoms with Gasteiger partial charge in [-0.3, -0.25) is 4.79 Å². The molecule has 1 unspecified atom stereocenters. The Morgan fingerprint density at radius 3 is 2.67 bits per heavy atom. The molecule has 0 spiro atoms. The number of anilines is 1. The van der Waals surface area contributed by atoms with E-state index in [1.165, 1.54) is 6.08 Å². The Kier molecular flexibility index (Phi) is 5.61. The van der Waals surface area contributed by atoms with Crippen molar-refractivity contribution >= 4 is 27.5 Å². The van der Waals surface area contributed by atoms with Crippen molar-refractivity contribution in [2.75, 3.05) is 25.2 Å². The van der Waals surface area contributed by atoms with E-state index in [1.54, 1.807) is 37.2 Å². The second-order valence-electron chi connectivity index (χ2n) is 5.85. The molecule has 0 saturated carbocycles. The van der Waals surface area contributed by atoms with E-state index in [0.29, 0.717) is 18.5 Å². The normalized spacial score (nSPS) is 18.2. The fraction of sp³-hybridized carbons (Fsp3) is 0.375. The number of hydrogen-bond acceptors (Lipinski definition) is 4. The lowest BCUT2D eigenvalue weighted by atomic mass is 10.1. The zero-order chi connectivity index (χ0) is 17.7. The number of sulfone groups is 1. The van der Waals surface area contributed by atoms with Crippen molar-refractivity contribution in [3.8, 4) is 0 Å². The van der Waals surface area contributed by atoms with Gasteiger partial charge in [-0.25, -0.2) is 13.2 Å². The zero-order valence-electron chi connectivity index (χ0n) is 13.7. The van der Waals surface area contributed by atoms with Crippen molar-refractivity contribution in [3.05, 3.63) is 41.3 Å². The van der Waals surface area contributed by atoms with Gasteiger partial charge in [0.1, 0.15) is 0 Å². The summed E-state index contributed by atoms with van der Waals surface area (Å²) in [6, 6.07) is 6.23. The summed E-state index contributed by atoms with van der Waals surface area (Å²) in [5.41, 5.74) is 1.53. The van der Waals surface area contributed by atoms with Gasteiger partial charge in [0.25, 0.3) is 0 Å². The van der Waals surface area contributed by atoms with E-state index in [9.17, 15) is 18.0 Å². The van der Waals surface area contributed by atoms with Gasteiger partial charge in [0.05, 0.1) is 11.8 Å². The molecule has 7 nitrogen and oxygen atoms in total. The first-order valence-electron chi connectivity index (χ1n) is 7.53. The van der Waals surface area contributed by atoms with Gasteiger partial charge in [-0.15, -0.1) is 0 Å². The lowest BCUT2D eigenvalue weighted by molar-refractivity contribution is -0.128. The average molecular weight is 351 g/mol. The summed E-state index contributed by atoms with van der Waals surface area (Å²) in [5.74, 6) is -0.0760. The third-order valence-corrected chi connectivity index (χ3v) is 4.95. The first-order chi connectivity index (χ1) is 11.2. The van der Waals surface area contributed by atoms with Crippen LogP contribution in [-0.4, -0.2) is 51.1 Å². The molecule has 8 heteroatoms. The lowest BCUT2D eigenvalue weighted by Crippen LogP contribution is -2.38. The Morgan fingerprint density at radius 2 is 2.04 bits per heavy atom. The molecule has 24 heavy (non-hydrogen) atoms. The van der Waals surface area contributed by atoms with Crippen LogP contribution in [0.1, 0.15) is 12.0 Å². The molecule has 0 aromatic heterocycles. The number of benzene rings is 1. The van der Waals surface area contributed by atoms with Crippen molar-refractivity contribution in [2.24, 2.45) is 0 Å². The summed E-state index contributed by atoms with van der Waals surface area (Å²) >= 11 is 0. The standard InChI is InChI=1S/C16H21N3O4S/c1-19(2)15(20)7-6-12-4-3-5-13(10-12)17-16(21)18-14-8-9-24(22,23)11-14/h3-5,8-10,14H,6-7,11H2,1-2H3,(H2,17,18,21). The summed E-state index contributed by atoms with van der Waals surface area (Å²) < 4.78 is 22.6. The van der Waals surface area contributed by atoms with Gasteiger partial charge in [0, 0.05) is 31.6 Å². The van der Waals surface area contributed by atoms with E-state index in [2.05, 4.69) is 10.6 Å². The minimum absolute atomic E-state index is 0.0420. The molecule has 1 aliphatic heterocycles. The van der Waals surface area contributed by atoms with Crippen LogP contribution < -0.4 is 10.6 Å². The van der Waals surface area contributed by atoms with Gasteiger partial charge in [-0.2, -0.15) is 0 Å². The van der Waals surface area contributed by atoms with Gasteiger partial charge < -0.3 is 15.5 Å². The van der Waals surface area contributed by atoms with Gasteiger partial charge in [0.2, 0.25) is 5.91 Å². The second-order valence-corrected chi connectivity index (χ2v) is 7.78. The van der Waals surface area contributed by atoms with Crippen LogP contribution >= 0.6 is 0 Å². The molecular weight excluding hydrogens is 330 g/mol. The number of nitrogens with zero attached hydrogens (tertiary/aromatic N) is 1. The van der Waals surface area contributed by atoms with Crippen LogP contribution in [0.4, 0.5) is 10.5 Å². The van der Waals surface area contributed by atoms with Crippen LogP contribution in [0.3, 0.4) is 0 Å². The number of aryl methyl sites for hydroxylation is 1. The Hall–Kier alpha value is -2.35. The minimum Gasteiger partial charge on any atom is -0.349 e. The Bertz CT molecular complexity index is 756. The fourth-order valence-corrected chi connectivity index (χ4v) is 3.52. The van der Waals surface area contributed by atoms with Crippen molar-refractivity contribution in [1.29, 1.82) is 0 Å². The maximum Gasteiger partial charge on any atom is 0.319 e. The summed E-state index contributed by atoms with van der Waals surface area (Å²) in [4.78, 5) is 25.1. The SMILES string of the molecule is CN(C)C(=O)CCc1cccc(NC(=O)NC2C=CS(=O)(=O)C2)c1. The summed E-state index contributed by atoms with van der Waals surface area (Å²) in [5, 5.41) is 6.38. The number of carbonyl (C=O) groups excluding carboxylic acids is 2. The van der Waals surface area contributed by atoms with Crippen LogP contribution in [-0.2, 0) is 21.1 Å². The van der Waals surface area contributed by atoms with E-state index >= 15 is 0 Å². The molecule has 2 rings (SSSR count). The highest BCUT2D eigenvalue weighted by Gasteiger charge is 2.22. The molecule has 1 atom stereocenters. The number of hydrogen-bond donors (Lipinski definition) is 2. The highest BCUT2D eigenvalue weighted by atomic mass is 32.2. The maximum absolute atomic E-state index is 11.9. The molecule has 0 aliphatic carbocycles. The van der Waals surface area contributed by atoms with Gasteiger partial charge in [-0.1, -0.05) is 12.1 Å². The zero-order valence-corrected chi connectivity index (χ0v) is 14.5. The molecule has 1 aromatic carbocycles. The number of urea groups is 1. The van der Waals surface area contributed by atoms with Crippen LogP contribution in [0.5, 0.6) is 0 Å². The molecule has 1 aliphatic rings. The molecular formula is C16H21N3O4S. The van der Waals surface area contributed by atoms with Crippen molar-refractivity contribution in [3.63, 3.8) is 0 Å². The average Bonchev–Trinajstić information content (AvgIpc) is 2.83. The third-order valence-electron chi connectivity index (χ3n) is 3.56. The van der Waals surface area contributed by atoms with E-state index in [1.807, 2.05) is 6.07 Å². The quantitative estimate of drug-likeness (QED) is 0.831. The van der Waals surface area contributed by atoms with Crippen molar-refractivity contribution < 1.29 is 18.0 Å². The number of carbonyl (C=O) groups is 2. The first kappa shape index (κ1) is 18.0. The molecule has 0 fully saturated rings. The van der Waals surface area contributed by atoms with Gasteiger partial charge in [-0.05, 0) is 30.2 Å². The van der Waals surface area contributed by atoms with Crippen LogP contribution in [0, 0.1) is 0 Å². The second kappa shape index (κ2) is 7.48. The summed E-state index contributed by atoms with van der Waals surface area (Å²) in [7, 11) is 0.219. The number of amides is 3. The van der Waals surface area contributed by atoms with Gasteiger partial charge >= 0.3 is 6.03 Å². The largest absolute Gasteiger partial charge is 0.349 e. The minimum atomic E-state index is -3.20. The van der Waals surface area contributed by atoms with Crippen LogP contribution in [0.15, 0.2) is 35.7 Å². The third kappa shape index (κ3) is 5.38. The molecule has 1 heterocycles. The molecule has 0 radical (unpaired) electrons. The highest BCUT2D eigenvalue weighted by molar-refractivity contribution is 7.94. The van der Waals surface area contributed by atoms with E-state index in [-0.39, 0.29) is 11.7 Å². The fourth-order valence-electron chi connectivity index (χ4n) is 2.28. The Labute approximate surface area is 141 Å². The molecule has 0 saturated heterocycles. The Morgan fingerprint density at radius 1 is 1.29 bits per heavy atom. The smallest absolute Gasteiger partial charge is 0.319 e. The van der Waals surface area contributed by atoms with Crippen LogP contribution in [0.25, 0.3) is 0 Å². The topological polar surface area (TPSA) is 95.6 Å². The predicted molar refractivity (Wildman–Crippen MR) is 92.3 cm³/mol. The van der Waals surface area contributed by atoms with E-state index in [4.69, 9.17) is 0 Å². The van der Waals surface area contributed by atoms with Crippen molar-refractivity contribution in [2.45, 2.75) is 18.9 Å². The molecule has 1 aromatic rings. The van der Waals surface area contributed by atoms with Crippen LogP contribution in [0.2, 0.25) is 0 Å². The van der Waals surface area contributed by atoms with E-state index in [0.717, 1.165) is 11.0 Å². The molecule has 130 valence electrons. The first-order valence-corrected chi connectivity index (χ1v) is 9.24. The number of nitrogens with one attached hydrogen (secondary N) is 2. The summed E-state index contributed by atoms with van der Waals surface area (Å²) in [6.45, 7) is 0. The monoisotopic (exact) mass is 351 g/mol. The molecule has 0 bridgehead atoms. The predicted octanol–water partition coefficient (Wildman–Crippen LogP) is 1.14. The number of rotatable bonds is 5. The maximum atomic E-state index is 11.9.